The zero-order valence-electron chi connectivity index (χ0n) is 13.3. The Morgan fingerprint density at radius 3 is 2.50 bits per heavy atom. The average Bonchev–Trinajstić information content (AvgIpc) is 2.51. The van der Waals surface area contributed by atoms with Gasteiger partial charge in [0, 0.05) is 31.6 Å². The Labute approximate surface area is 132 Å². The molecule has 0 aromatic carbocycles. The molecule has 4 fully saturated rings. The minimum Gasteiger partial charge on any atom is -0.381 e. The first-order chi connectivity index (χ1) is 10.7. The van der Waals surface area contributed by atoms with E-state index >= 15 is 0 Å². The monoisotopic (exact) mass is 302 g/mol. The van der Waals surface area contributed by atoms with E-state index in [4.69, 9.17) is 15.5 Å². The van der Waals surface area contributed by atoms with Gasteiger partial charge >= 0.3 is 0 Å². The van der Waals surface area contributed by atoms with Crippen molar-refractivity contribution in [2.24, 2.45) is 5.73 Å². The van der Waals surface area contributed by atoms with Crippen molar-refractivity contribution in [1.82, 2.24) is 4.98 Å². The number of pyridine rings is 1. The highest BCUT2D eigenvalue weighted by Gasteiger charge is 2.38. The third kappa shape index (κ3) is 2.79. The summed E-state index contributed by atoms with van der Waals surface area (Å²) in [5.41, 5.74) is 8.24. The highest BCUT2D eigenvalue weighted by Crippen LogP contribution is 2.31. The van der Waals surface area contributed by atoms with Crippen molar-refractivity contribution < 1.29 is 4.74 Å². The highest BCUT2D eigenvalue weighted by molar-refractivity contribution is 5.54. The van der Waals surface area contributed by atoms with E-state index in [0.29, 0.717) is 24.3 Å². The molecule has 2 unspecified atom stereocenters. The van der Waals surface area contributed by atoms with Crippen molar-refractivity contribution >= 4 is 11.5 Å². The molecule has 5 heteroatoms. The van der Waals surface area contributed by atoms with Gasteiger partial charge in [-0.2, -0.15) is 0 Å². The maximum absolute atomic E-state index is 5.98. The quantitative estimate of drug-likeness (QED) is 0.895. The number of piperidine rings is 1. The van der Waals surface area contributed by atoms with Gasteiger partial charge in [0.25, 0.3) is 0 Å². The van der Waals surface area contributed by atoms with Crippen molar-refractivity contribution in [3.8, 4) is 0 Å². The summed E-state index contributed by atoms with van der Waals surface area (Å²) in [6.07, 6.45) is 6.64. The van der Waals surface area contributed by atoms with Crippen molar-refractivity contribution in [3.63, 3.8) is 0 Å². The van der Waals surface area contributed by atoms with Crippen LogP contribution in [-0.4, -0.2) is 42.4 Å². The molecule has 5 rings (SSSR count). The summed E-state index contributed by atoms with van der Waals surface area (Å²) in [6, 6.07) is 5.27. The minimum atomic E-state index is 0.396. The van der Waals surface area contributed by atoms with Crippen LogP contribution in [0.25, 0.3) is 0 Å². The van der Waals surface area contributed by atoms with Gasteiger partial charge < -0.3 is 20.7 Å². The Hall–Kier alpha value is -1.33. The zero-order valence-corrected chi connectivity index (χ0v) is 13.3. The second-order valence-electron chi connectivity index (χ2n) is 7.08. The SMILES string of the molecule is Cc1nc(N2CC3CC(C2)O3)ccc1NC1CCC(N)CC1. The molecule has 3 saturated heterocycles. The lowest BCUT2D eigenvalue weighted by molar-refractivity contribution is -0.133. The number of hydrogen-bond acceptors (Lipinski definition) is 5. The summed E-state index contributed by atoms with van der Waals surface area (Å²) >= 11 is 0. The molecule has 3 aliphatic heterocycles. The maximum atomic E-state index is 5.98. The van der Waals surface area contributed by atoms with Gasteiger partial charge in [0.2, 0.25) is 0 Å². The third-order valence-electron chi connectivity index (χ3n) is 5.29. The molecule has 2 bridgehead atoms. The number of nitrogens with two attached hydrogens (primary N) is 1. The van der Waals surface area contributed by atoms with E-state index in [0.717, 1.165) is 50.3 Å². The number of nitrogens with zero attached hydrogens (tertiary/aromatic N) is 2. The lowest BCUT2D eigenvalue weighted by Gasteiger charge is -2.47. The van der Waals surface area contributed by atoms with Gasteiger partial charge in [0.05, 0.1) is 23.6 Å². The van der Waals surface area contributed by atoms with Crippen LogP contribution in [0.2, 0.25) is 0 Å². The summed E-state index contributed by atoms with van der Waals surface area (Å²) in [5.74, 6) is 1.09. The molecule has 120 valence electrons. The van der Waals surface area contributed by atoms with Crippen molar-refractivity contribution in [2.45, 2.75) is 63.3 Å². The molecule has 0 amide bonds. The van der Waals surface area contributed by atoms with Crippen LogP contribution in [0, 0.1) is 6.92 Å². The van der Waals surface area contributed by atoms with Crippen LogP contribution in [0.4, 0.5) is 11.5 Å². The summed E-state index contributed by atoms with van der Waals surface area (Å²) in [5, 5.41) is 3.66. The lowest BCUT2D eigenvalue weighted by atomic mass is 9.91. The number of aryl methyl sites for hydroxylation is 1. The molecule has 1 saturated carbocycles. The van der Waals surface area contributed by atoms with Gasteiger partial charge in [-0.3, -0.25) is 0 Å². The van der Waals surface area contributed by atoms with E-state index in [1.165, 1.54) is 12.1 Å². The summed E-state index contributed by atoms with van der Waals surface area (Å²) in [7, 11) is 0. The van der Waals surface area contributed by atoms with Crippen LogP contribution in [0.3, 0.4) is 0 Å². The molecule has 4 aliphatic rings. The Morgan fingerprint density at radius 2 is 1.86 bits per heavy atom. The molecule has 5 nitrogen and oxygen atoms in total. The summed E-state index contributed by atoms with van der Waals surface area (Å²) < 4.78 is 5.70. The average molecular weight is 302 g/mol. The van der Waals surface area contributed by atoms with Crippen LogP contribution in [-0.2, 0) is 4.74 Å². The molecular weight excluding hydrogens is 276 g/mol. The number of nitrogens with one attached hydrogen (secondary N) is 1. The van der Waals surface area contributed by atoms with Gasteiger partial charge in [0.15, 0.2) is 0 Å². The zero-order chi connectivity index (χ0) is 15.1. The largest absolute Gasteiger partial charge is 0.381 e. The fourth-order valence-corrected chi connectivity index (χ4v) is 3.90. The summed E-state index contributed by atoms with van der Waals surface area (Å²) in [6.45, 7) is 4.06. The Bertz CT molecular complexity index is 525. The number of morpholine rings is 1. The first kappa shape index (κ1) is 14.3. The molecule has 3 N–H and O–H groups in total. The predicted molar refractivity (Wildman–Crippen MR) is 88.3 cm³/mol. The summed E-state index contributed by atoms with van der Waals surface area (Å²) in [4.78, 5) is 7.18. The molecule has 1 aromatic heterocycles. The number of fused-ring (bicyclic) bond motifs is 2. The van der Waals surface area contributed by atoms with Gasteiger partial charge in [-0.05, 0) is 44.7 Å². The Kier molecular flexibility index (Phi) is 3.70. The van der Waals surface area contributed by atoms with Gasteiger partial charge in [-0.25, -0.2) is 4.98 Å². The molecule has 1 aliphatic carbocycles. The fraction of sp³-hybridized carbons (Fsp3) is 0.706. The number of ether oxygens (including phenoxy) is 1. The van der Waals surface area contributed by atoms with Crippen molar-refractivity contribution in [3.05, 3.63) is 17.8 Å². The number of hydrogen-bond donors (Lipinski definition) is 2. The van der Waals surface area contributed by atoms with E-state index in [-0.39, 0.29) is 0 Å². The second kappa shape index (κ2) is 5.70. The van der Waals surface area contributed by atoms with Crippen LogP contribution in [0.1, 0.15) is 37.8 Å². The lowest BCUT2D eigenvalue weighted by Crippen LogP contribution is -2.57. The maximum Gasteiger partial charge on any atom is 0.129 e. The topological polar surface area (TPSA) is 63.4 Å². The van der Waals surface area contributed by atoms with E-state index in [1.54, 1.807) is 0 Å². The first-order valence-electron chi connectivity index (χ1n) is 8.57. The van der Waals surface area contributed by atoms with Gasteiger partial charge in [0.1, 0.15) is 5.82 Å². The Morgan fingerprint density at radius 1 is 1.18 bits per heavy atom. The molecular formula is C17H26N4O. The van der Waals surface area contributed by atoms with E-state index in [1.807, 2.05) is 0 Å². The third-order valence-corrected chi connectivity index (χ3v) is 5.29. The normalized spacial score (nSPS) is 34.2. The molecule has 22 heavy (non-hydrogen) atoms. The predicted octanol–water partition coefficient (Wildman–Crippen LogP) is 2.05. The number of rotatable bonds is 3. The molecule has 1 aromatic rings. The van der Waals surface area contributed by atoms with Crippen molar-refractivity contribution in [1.29, 1.82) is 0 Å². The highest BCUT2D eigenvalue weighted by atomic mass is 16.5. The van der Waals surface area contributed by atoms with Crippen LogP contribution in [0.5, 0.6) is 0 Å². The molecule has 0 spiro atoms. The number of aromatic nitrogens is 1. The van der Waals surface area contributed by atoms with Crippen LogP contribution in [0.15, 0.2) is 12.1 Å². The van der Waals surface area contributed by atoms with Crippen LogP contribution < -0.4 is 16.0 Å². The number of anilines is 2. The molecule has 0 radical (unpaired) electrons. The first-order valence-corrected chi connectivity index (χ1v) is 8.57. The smallest absolute Gasteiger partial charge is 0.129 e. The van der Waals surface area contributed by atoms with Crippen molar-refractivity contribution in [2.75, 3.05) is 23.3 Å². The van der Waals surface area contributed by atoms with E-state index < -0.39 is 0 Å². The van der Waals surface area contributed by atoms with E-state index in [9.17, 15) is 0 Å². The van der Waals surface area contributed by atoms with Crippen LogP contribution >= 0.6 is 0 Å². The molecule has 4 heterocycles. The standard InChI is InChI=1S/C17H26N4O/c1-11-16(20-13-4-2-12(18)3-5-13)6-7-17(19-11)21-9-14-8-15(10-21)22-14/h6-7,12-15,20H,2-5,8-10,18H2,1H3. The van der Waals surface area contributed by atoms with Gasteiger partial charge in [-0.1, -0.05) is 0 Å². The van der Waals surface area contributed by atoms with Gasteiger partial charge in [-0.15, -0.1) is 0 Å². The fourth-order valence-electron chi connectivity index (χ4n) is 3.90. The molecule has 2 atom stereocenters. The Balaban J connectivity index is 1.41. The van der Waals surface area contributed by atoms with E-state index in [2.05, 4.69) is 29.3 Å². The second-order valence-corrected chi connectivity index (χ2v) is 7.08. The minimum absolute atomic E-state index is 0.396.